The van der Waals surface area contributed by atoms with Crippen LogP contribution in [0, 0.1) is 17.7 Å². The van der Waals surface area contributed by atoms with Crippen LogP contribution in [0.5, 0.6) is 0 Å². The third-order valence-corrected chi connectivity index (χ3v) is 3.95. The molecule has 0 radical (unpaired) electrons. The Morgan fingerprint density at radius 1 is 1.30 bits per heavy atom. The number of carbonyl (C=O) groups excluding carboxylic acids is 2. The van der Waals surface area contributed by atoms with Crippen molar-refractivity contribution in [2.75, 3.05) is 12.0 Å². The normalized spacial score (nSPS) is 12.0. The quantitative estimate of drug-likeness (QED) is 0.328. The lowest BCUT2D eigenvalue weighted by atomic mass is 9.97. The Morgan fingerprint density at radius 3 is 2.78 bits per heavy atom. The van der Waals surface area contributed by atoms with Gasteiger partial charge in [-0.25, -0.2) is 14.4 Å². The highest BCUT2D eigenvalue weighted by Gasteiger charge is 2.21. The third kappa shape index (κ3) is 6.41. The molecule has 146 valence electrons. The van der Waals surface area contributed by atoms with Crippen molar-refractivity contribution in [2.24, 2.45) is 11.8 Å². The zero-order valence-corrected chi connectivity index (χ0v) is 15.2. The van der Waals surface area contributed by atoms with Gasteiger partial charge in [0.1, 0.15) is 11.3 Å². The van der Waals surface area contributed by atoms with Crippen LogP contribution >= 0.6 is 0 Å². The van der Waals surface area contributed by atoms with Crippen LogP contribution in [-0.2, 0) is 9.59 Å². The molecule has 0 bridgehead atoms. The number of rotatable bonds is 10. The van der Waals surface area contributed by atoms with Crippen molar-refractivity contribution < 1.29 is 19.2 Å². The minimum Gasteiger partial charge on any atom is -0.286 e. The van der Waals surface area contributed by atoms with Crippen molar-refractivity contribution in [1.29, 1.82) is 0 Å². The molecule has 0 saturated heterocycles. The molecule has 0 aliphatic carbocycles. The Hall–Kier alpha value is -2.88. The number of hydrogen-bond acceptors (Lipinski definition) is 7. The van der Waals surface area contributed by atoms with E-state index in [4.69, 9.17) is 0 Å². The summed E-state index contributed by atoms with van der Waals surface area (Å²) in [4.78, 5) is 27.2. The topological polar surface area (TPSA) is 120 Å². The minimum atomic E-state index is -0.603. The van der Waals surface area contributed by atoms with Gasteiger partial charge >= 0.3 is 0 Å². The van der Waals surface area contributed by atoms with E-state index in [1.54, 1.807) is 0 Å². The molecule has 3 N–H and O–H groups in total. The predicted molar refractivity (Wildman–Crippen MR) is 95.8 cm³/mol. The molecule has 2 rings (SSSR count). The van der Waals surface area contributed by atoms with Gasteiger partial charge in [0.25, 0.3) is 5.95 Å². The summed E-state index contributed by atoms with van der Waals surface area (Å²) < 4.78 is 13.1. The van der Waals surface area contributed by atoms with Gasteiger partial charge in [0.05, 0.1) is 18.0 Å². The summed E-state index contributed by atoms with van der Waals surface area (Å²) in [5, 5.41) is 17.5. The predicted octanol–water partition coefficient (Wildman–Crippen LogP) is 1.90. The monoisotopic (exact) mass is 378 g/mol. The van der Waals surface area contributed by atoms with Gasteiger partial charge in [-0.05, 0) is 24.5 Å². The number of nitrogens with zero attached hydrogens (tertiary/aromatic N) is 4. The first-order valence-electron chi connectivity index (χ1n) is 8.65. The highest BCUT2D eigenvalue weighted by molar-refractivity contribution is 5.80. The van der Waals surface area contributed by atoms with Crippen molar-refractivity contribution in [1.82, 2.24) is 25.7 Å². The maximum Gasteiger partial charge on any atom is 0.262 e. The van der Waals surface area contributed by atoms with Crippen LogP contribution in [0.3, 0.4) is 0 Å². The average molecular weight is 378 g/mol. The Bertz CT molecular complexity index is 788. The van der Waals surface area contributed by atoms with Crippen LogP contribution in [-0.4, -0.2) is 44.3 Å². The van der Waals surface area contributed by atoms with Gasteiger partial charge < -0.3 is 0 Å². The fourth-order valence-corrected chi connectivity index (χ4v) is 2.53. The lowest BCUT2D eigenvalue weighted by Crippen LogP contribution is -2.40. The summed E-state index contributed by atoms with van der Waals surface area (Å²) >= 11 is 0. The maximum absolute atomic E-state index is 13.1. The largest absolute Gasteiger partial charge is 0.286 e. The van der Waals surface area contributed by atoms with Gasteiger partial charge in [-0.1, -0.05) is 26.7 Å². The summed E-state index contributed by atoms with van der Waals surface area (Å²) in [5.41, 5.74) is 5.72. The van der Waals surface area contributed by atoms with Gasteiger partial charge in [0.2, 0.25) is 12.3 Å². The van der Waals surface area contributed by atoms with E-state index >= 15 is 0 Å². The van der Waals surface area contributed by atoms with Gasteiger partial charge in [-0.2, -0.15) is 0 Å². The first kappa shape index (κ1) is 20.4. The molecule has 0 aliphatic heterocycles. The van der Waals surface area contributed by atoms with Crippen LogP contribution in [0.1, 0.15) is 33.1 Å². The van der Waals surface area contributed by atoms with Crippen LogP contribution < -0.4 is 10.9 Å². The highest BCUT2D eigenvalue weighted by atomic mass is 19.1. The van der Waals surface area contributed by atoms with Crippen LogP contribution in [0.15, 0.2) is 18.2 Å². The maximum atomic E-state index is 13.1. The first-order chi connectivity index (χ1) is 12.9. The average Bonchev–Trinajstić information content (AvgIpc) is 2.64. The van der Waals surface area contributed by atoms with E-state index in [0.29, 0.717) is 28.4 Å². The van der Waals surface area contributed by atoms with E-state index in [0.717, 1.165) is 12.8 Å². The van der Waals surface area contributed by atoms with E-state index in [1.165, 1.54) is 18.2 Å². The molecule has 2 aromatic rings. The van der Waals surface area contributed by atoms with E-state index in [1.807, 2.05) is 0 Å². The summed E-state index contributed by atoms with van der Waals surface area (Å²) in [6, 6.07) is 3.91. The van der Waals surface area contributed by atoms with E-state index in [2.05, 4.69) is 39.9 Å². The smallest absolute Gasteiger partial charge is 0.262 e. The van der Waals surface area contributed by atoms with Crippen molar-refractivity contribution in [2.45, 2.75) is 33.1 Å². The van der Waals surface area contributed by atoms with Gasteiger partial charge in [-0.3, -0.25) is 25.6 Å². The SMILES string of the molecule is CC(C)CCC[C@H](CN(O)C=O)C(=O)NNc1nnc2cc(F)ccc2n1. The van der Waals surface area contributed by atoms with Crippen LogP contribution in [0.25, 0.3) is 11.0 Å². The number of carbonyl (C=O) groups is 2. The molecule has 1 aromatic heterocycles. The molecule has 9 nitrogen and oxygen atoms in total. The third-order valence-electron chi connectivity index (χ3n) is 3.95. The molecule has 1 atom stereocenters. The Labute approximate surface area is 155 Å². The zero-order chi connectivity index (χ0) is 19.8. The molecule has 0 aliphatic rings. The molecule has 0 saturated carbocycles. The lowest BCUT2D eigenvalue weighted by molar-refractivity contribution is -0.154. The molecular formula is C17H23FN6O3. The minimum absolute atomic E-state index is 0.0413. The number of hydrazine groups is 1. The van der Waals surface area contributed by atoms with Crippen molar-refractivity contribution >= 4 is 29.3 Å². The van der Waals surface area contributed by atoms with E-state index in [-0.39, 0.29) is 18.9 Å². The second kappa shape index (κ2) is 9.72. The summed E-state index contributed by atoms with van der Waals surface area (Å²) in [5.74, 6) is -0.929. The van der Waals surface area contributed by atoms with Gasteiger partial charge in [0, 0.05) is 6.07 Å². The van der Waals surface area contributed by atoms with Gasteiger partial charge in [0.15, 0.2) is 0 Å². The molecule has 0 fully saturated rings. The number of anilines is 1. The number of amides is 2. The fourth-order valence-electron chi connectivity index (χ4n) is 2.53. The van der Waals surface area contributed by atoms with E-state index in [9.17, 15) is 19.2 Å². The molecule has 0 spiro atoms. The molecule has 0 unspecified atom stereocenters. The molecule has 1 heterocycles. The number of fused-ring (bicyclic) bond motifs is 1. The molecule has 10 heteroatoms. The molecular weight excluding hydrogens is 355 g/mol. The van der Waals surface area contributed by atoms with Gasteiger partial charge in [-0.15, -0.1) is 10.2 Å². The van der Waals surface area contributed by atoms with Crippen molar-refractivity contribution in [3.63, 3.8) is 0 Å². The number of aromatic nitrogens is 3. The number of hydroxylamine groups is 2. The Balaban J connectivity index is 1.98. The highest BCUT2D eigenvalue weighted by Crippen LogP contribution is 2.14. The number of halogens is 1. The number of nitrogens with one attached hydrogen (secondary N) is 2. The van der Waals surface area contributed by atoms with Crippen LogP contribution in [0.2, 0.25) is 0 Å². The Kier molecular flexibility index (Phi) is 7.35. The number of benzene rings is 1. The van der Waals surface area contributed by atoms with Crippen molar-refractivity contribution in [3.8, 4) is 0 Å². The Morgan fingerprint density at radius 2 is 2.07 bits per heavy atom. The van der Waals surface area contributed by atoms with E-state index < -0.39 is 17.6 Å². The molecule has 2 amide bonds. The molecule has 27 heavy (non-hydrogen) atoms. The molecule has 1 aromatic carbocycles. The second-order valence-electron chi connectivity index (χ2n) is 6.63. The van der Waals surface area contributed by atoms with Crippen molar-refractivity contribution in [3.05, 3.63) is 24.0 Å². The summed E-state index contributed by atoms with van der Waals surface area (Å²) in [6.45, 7) is 4.04. The number of hydrogen-bond donors (Lipinski definition) is 3. The summed E-state index contributed by atoms with van der Waals surface area (Å²) in [6.07, 6.45) is 2.47. The second-order valence-corrected chi connectivity index (χ2v) is 6.63. The lowest BCUT2D eigenvalue weighted by Gasteiger charge is -2.20. The standard InChI is InChI=1S/C17H23FN6O3/c1-11(2)4-3-5-12(9-24(27)10-25)16(26)21-23-17-19-14-7-6-13(18)8-15(14)20-22-17/h6-8,10-12,27H,3-5,9H2,1-2H3,(H,21,26)(H,19,22,23)/t12-/m1/s1. The zero-order valence-electron chi connectivity index (χ0n) is 15.2. The van der Waals surface area contributed by atoms with Crippen LogP contribution in [0.4, 0.5) is 10.3 Å². The fraction of sp³-hybridized carbons (Fsp3) is 0.471. The summed E-state index contributed by atoms with van der Waals surface area (Å²) in [7, 11) is 0. The first-order valence-corrected chi connectivity index (χ1v) is 8.65.